The van der Waals surface area contributed by atoms with Crippen molar-refractivity contribution in [3.63, 3.8) is 0 Å². The maximum atomic E-state index is 14.0. The number of esters is 1. The summed E-state index contributed by atoms with van der Waals surface area (Å²) in [5.74, 6) is -2.37. The normalized spacial score (nSPS) is 12.3. The molecule has 43 heavy (non-hydrogen) atoms. The van der Waals surface area contributed by atoms with E-state index >= 15 is 0 Å². The van der Waals surface area contributed by atoms with Gasteiger partial charge in [0.1, 0.15) is 22.7 Å². The molecule has 0 saturated carbocycles. The lowest BCUT2D eigenvalue weighted by Crippen LogP contribution is -2.28. The molecular weight excluding hydrogens is 552 g/mol. The number of carbonyl (C=O) groups is 5. The molecule has 0 fully saturated rings. The van der Waals surface area contributed by atoms with Gasteiger partial charge in [-0.2, -0.15) is 0 Å². The zero-order valence-corrected chi connectivity index (χ0v) is 24.9. The third-order valence-electron chi connectivity index (χ3n) is 7.16. The lowest BCUT2D eigenvalue weighted by atomic mass is 9.78. The van der Waals surface area contributed by atoms with Crippen molar-refractivity contribution in [2.24, 2.45) is 0 Å². The monoisotopic (exact) mass is 586 g/mol. The summed E-state index contributed by atoms with van der Waals surface area (Å²) in [5, 5.41) is 8.95. The number of carboxylic acids is 1. The van der Waals surface area contributed by atoms with Gasteiger partial charge in [-0.05, 0) is 51.3 Å². The van der Waals surface area contributed by atoms with Crippen molar-refractivity contribution in [2.75, 3.05) is 14.2 Å². The molecule has 3 aromatic rings. The molecule has 0 atom stereocenters. The van der Waals surface area contributed by atoms with Gasteiger partial charge in [0.2, 0.25) is 0 Å². The van der Waals surface area contributed by atoms with Crippen LogP contribution < -0.4 is 9.47 Å². The van der Waals surface area contributed by atoms with Crippen molar-refractivity contribution in [1.29, 1.82) is 0 Å². The van der Waals surface area contributed by atoms with Gasteiger partial charge in [-0.25, -0.2) is 4.79 Å². The number of rotatable bonds is 11. The van der Waals surface area contributed by atoms with Gasteiger partial charge in [0.05, 0.1) is 14.2 Å². The lowest BCUT2D eigenvalue weighted by molar-refractivity contribution is -0.137. The fourth-order valence-corrected chi connectivity index (χ4v) is 5.27. The lowest BCUT2D eigenvalue weighted by Gasteiger charge is -2.26. The summed E-state index contributed by atoms with van der Waals surface area (Å²) in [7, 11) is 2.80. The maximum absolute atomic E-state index is 14.0. The molecule has 1 aliphatic carbocycles. The number of carbonyl (C=O) groups excluding carboxylic acids is 4. The third kappa shape index (κ3) is 6.51. The molecular formula is C34H34O9. The van der Waals surface area contributed by atoms with Crippen LogP contribution in [-0.2, 0) is 16.0 Å². The topological polar surface area (TPSA) is 133 Å². The Bertz CT molecular complexity index is 1630. The van der Waals surface area contributed by atoms with E-state index in [1.807, 2.05) is 0 Å². The summed E-state index contributed by atoms with van der Waals surface area (Å²) in [6.45, 7) is 5.13. The van der Waals surface area contributed by atoms with Crippen molar-refractivity contribution < 1.29 is 43.3 Å². The van der Waals surface area contributed by atoms with Gasteiger partial charge >= 0.3 is 11.9 Å². The number of Topliss-reactive ketones (excluding diaryl/α,β-unsaturated/α-hetero) is 1. The molecule has 4 rings (SSSR count). The van der Waals surface area contributed by atoms with E-state index in [0.29, 0.717) is 29.7 Å². The summed E-state index contributed by atoms with van der Waals surface area (Å²) >= 11 is 0. The average molecular weight is 587 g/mol. The number of carboxylic acid groups (broad SMARTS) is 1. The van der Waals surface area contributed by atoms with Crippen molar-refractivity contribution >= 4 is 29.3 Å². The molecule has 0 aromatic heterocycles. The third-order valence-corrected chi connectivity index (χ3v) is 7.16. The minimum absolute atomic E-state index is 0.0255. The molecule has 0 saturated heterocycles. The van der Waals surface area contributed by atoms with E-state index in [9.17, 15) is 24.0 Å². The van der Waals surface area contributed by atoms with Gasteiger partial charge < -0.3 is 19.3 Å². The summed E-state index contributed by atoms with van der Waals surface area (Å²) in [4.78, 5) is 65.8. The number of benzene rings is 3. The Labute approximate surface area is 249 Å². The number of ketones is 3. The smallest absolute Gasteiger partial charge is 0.342 e. The molecule has 0 radical (unpaired) electrons. The maximum Gasteiger partial charge on any atom is 0.342 e. The summed E-state index contributed by atoms with van der Waals surface area (Å²) in [6, 6.07) is 12.8. The van der Waals surface area contributed by atoms with Crippen LogP contribution in [-0.4, -0.2) is 54.2 Å². The minimum Gasteiger partial charge on any atom is -0.496 e. The standard InChI is InChI=1S/C34H34O9/c1-34(2,3)43-33(40)30-23(17-22-19(13-10-15-26(22)41-4)25(35)14-8-9-16-28(36)37)29-24(18-27(30)42-5)31(38)20-11-6-7-12-21(20)32(29)39/h6-7,10-13,15,18H,8-9,14,16-17H2,1-5H3,(H,36,37). The number of methoxy groups -OCH3 is 2. The van der Waals surface area contributed by atoms with Crippen molar-refractivity contribution in [1.82, 2.24) is 0 Å². The second-order valence-electron chi connectivity index (χ2n) is 11.2. The van der Waals surface area contributed by atoms with Crippen molar-refractivity contribution in [3.05, 3.63) is 93.0 Å². The zero-order valence-electron chi connectivity index (χ0n) is 24.9. The molecule has 0 bridgehead atoms. The number of hydrogen-bond donors (Lipinski definition) is 1. The molecule has 9 nitrogen and oxygen atoms in total. The van der Waals surface area contributed by atoms with E-state index in [1.165, 1.54) is 20.3 Å². The van der Waals surface area contributed by atoms with Gasteiger partial charge in [-0.15, -0.1) is 0 Å². The predicted octanol–water partition coefficient (Wildman–Crippen LogP) is 5.85. The van der Waals surface area contributed by atoms with E-state index in [4.69, 9.17) is 19.3 Å². The molecule has 0 amide bonds. The highest BCUT2D eigenvalue weighted by atomic mass is 16.6. The number of aliphatic carboxylic acids is 1. The first-order valence-corrected chi connectivity index (χ1v) is 13.9. The fourth-order valence-electron chi connectivity index (χ4n) is 5.27. The van der Waals surface area contributed by atoms with Crippen LogP contribution in [0.1, 0.15) is 110 Å². The van der Waals surface area contributed by atoms with Crippen LogP contribution in [0.2, 0.25) is 0 Å². The van der Waals surface area contributed by atoms with E-state index < -0.39 is 29.1 Å². The quantitative estimate of drug-likeness (QED) is 0.130. The SMILES string of the molecule is COc1cccc(C(=O)CCCCC(=O)O)c1Cc1c(C(=O)OC(C)(C)C)c(OC)cc2c1C(=O)c1ccccc1C2=O. The van der Waals surface area contributed by atoms with E-state index in [2.05, 4.69) is 0 Å². The van der Waals surface area contributed by atoms with Crippen LogP contribution in [0, 0.1) is 0 Å². The Kier molecular flexibility index (Phi) is 9.13. The molecule has 0 unspecified atom stereocenters. The van der Waals surface area contributed by atoms with Crippen LogP contribution in [0.5, 0.6) is 11.5 Å². The Morgan fingerprint density at radius 3 is 2.00 bits per heavy atom. The summed E-state index contributed by atoms with van der Waals surface area (Å²) in [6.07, 6.45) is 0.611. The molecule has 224 valence electrons. The fraction of sp³-hybridized carbons (Fsp3) is 0.324. The van der Waals surface area contributed by atoms with Crippen LogP contribution in [0.4, 0.5) is 0 Å². The van der Waals surface area contributed by atoms with E-state index in [0.717, 1.165) is 0 Å². The Hall–Kier alpha value is -4.79. The van der Waals surface area contributed by atoms with Crippen LogP contribution >= 0.6 is 0 Å². The van der Waals surface area contributed by atoms with Crippen LogP contribution in [0.25, 0.3) is 0 Å². The second kappa shape index (κ2) is 12.6. The molecule has 1 N–H and O–H groups in total. The van der Waals surface area contributed by atoms with Crippen LogP contribution in [0.15, 0.2) is 48.5 Å². The van der Waals surface area contributed by atoms with Gasteiger partial charge in [0, 0.05) is 52.6 Å². The Morgan fingerprint density at radius 1 is 0.767 bits per heavy atom. The number of fused-ring (bicyclic) bond motifs is 2. The van der Waals surface area contributed by atoms with Crippen molar-refractivity contribution in [2.45, 2.75) is 58.5 Å². The largest absolute Gasteiger partial charge is 0.496 e. The average Bonchev–Trinajstić information content (AvgIpc) is 2.96. The number of hydrogen-bond acceptors (Lipinski definition) is 8. The number of unbranched alkanes of at least 4 members (excludes halogenated alkanes) is 1. The highest BCUT2D eigenvalue weighted by Gasteiger charge is 2.37. The molecule has 0 aliphatic heterocycles. The van der Waals surface area contributed by atoms with Gasteiger partial charge in [-0.1, -0.05) is 36.4 Å². The zero-order chi connectivity index (χ0) is 31.5. The first kappa shape index (κ1) is 31.2. The first-order valence-electron chi connectivity index (χ1n) is 13.9. The van der Waals surface area contributed by atoms with E-state index in [-0.39, 0.29) is 64.2 Å². The minimum atomic E-state index is -0.937. The van der Waals surface area contributed by atoms with Crippen LogP contribution in [0.3, 0.4) is 0 Å². The van der Waals surface area contributed by atoms with Gasteiger partial charge in [0.25, 0.3) is 0 Å². The van der Waals surface area contributed by atoms with Crippen molar-refractivity contribution in [3.8, 4) is 11.5 Å². The molecule has 3 aromatic carbocycles. The summed E-state index contributed by atoms with van der Waals surface area (Å²) < 4.78 is 17.0. The van der Waals surface area contributed by atoms with Gasteiger partial charge in [0.15, 0.2) is 17.3 Å². The summed E-state index contributed by atoms with van der Waals surface area (Å²) in [5.41, 5.74) is 0.551. The molecule has 0 spiro atoms. The molecule has 1 aliphatic rings. The Balaban J connectivity index is 1.95. The Morgan fingerprint density at radius 2 is 1.40 bits per heavy atom. The molecule has 9 heteroatoms. The molecule has 0 heterocycles. The first-order chi connectivity index (χ1) is 20.4. The predicted molar refractivity (Wildman–Crippen MR) is 158 cm³/mol. The second-order valence-corrected chi connectivity index (χ2v) is 11.2. The highest BCUT2D eigenvalue weighted by Crippen LogP contribution is 2.39. The van der Waals surface area contributed by atoms with Gasteiger partial charge in [-0.3, -0.25) is 19.2 Å². The van der Waals surface area contributed by atoms with E-state index in [1.54, 1.807) is 63.2 Å². The number of ether oxygens (including phenoxy) is 3. The highest BCUT2D eigenvalue weighted by molar-refractivity contribution is 6.29.